The van der Waals surface area contributed by atoms with Crippen molar-refractivity contribution in [2.24, 2.45) is 0 Å². The van der Waals surface area contributed by atoms with Gasteiger partial charge in [-0.05, 0) is 30.5 Å². The highest BCUT2D eigenvalue weighted by molar-refractivity contribution is 7.09. The third-order valence-electron chi connectivity index (χ3n) is 2.99. The minimum Gasteiger partial charge on any atom is -0.337 e. The molecule has 100 valence electrons. The van der Waals surface area contributed by atoms with Crippen LogP contribution in [0.25, 0.3) is 0 Å². The molecular formula is C14H15FN2OS. The van der Waals surface area contributed by atoms with Crippen LogP contribution in [0.5, 0.6) is 0 Å². The molecule has 2 rings (SSSR count). The molecule has 2 aromatic rings. The van der Waals surface area contributed by atoms with Gasteiger partial charge in [0.15, 0.2) is 0 Å². The van der Waals surface area contributed by atoms with Gasteiger partial charge in [0.25, 0.3) is 5.91 Å². The van der Waals surface area contributed by atoms with Gasteiger partial charge in [0.2, 0.25) is 5.95 Å². The number of halogens is 1. The van der Waals surface area contributed by atoms with Gasteiger partial charge < -0.3 is 4.90 Å². The molecule has 0 aliphatic carbocycles. The van der Waals surface area contributed by atoms with Crippen molar-refractivity contribution in [2.45, 2.75) is 19.4 Å². The number of carbonyl (C=O) groups is 1. The Morgan fingerprint density at radius 2 is 2.21 bits per heavy atom. The fourth-order valence-corrected chi connectivity index (χ4v) is 2.59. The average Bonchev–Trinajstić information content (AvgIpc) is 2.89. The lowest BCUT2D eigenvalue weighted by Crippen LogP contribution is -2.36. The van der Waals surface area contributed by atoms with Crippen LogP contribution in [0.1, 0.15) is 22.3 Å². The van der Waals surface area contributed by atoms with E-state index in [1.54, 1.807) is 23.3 Å². The maximum absolute atomic E-state index is 13.0. The number of hydrogen-bond acceptors (Lipinski definition) is 3. The molecule has 1 amide bonds. The summed E-state index contributed by atoms with van der Waals surface area (Å²) in [5, 5.41) is 2.01. The summed E-state index contributed by atoms with van der Waals surface area (Å²) in [5.41, 5.74) is 0.139. The lowest BCUT2D eigenvalue weighted by molar-refractivity contribution is 0.0736. The van der Waals surface area contributed by atoms with Crippen molar-refractivity contribution in [1.29, 1.82) is 0 Å². The molecule has 0 N–H and O–H groups in total. The molecule has 19 heavy (non-hydrogen) atoms. The number of rotatable bonds is 4. The minimum atomic E-state index is -0.634. The molecule has 1 atom stereocenters. The summed E-state index contributed by atoms with van der Waals surface area (Å²) in [6.07, 6.45) is 0.787. The molecule has 3 nitrogen and oxygen atoms in total. The van der Waals surface area contributed by atoms with Crippen LogP contribution in [-0.4, -0.2) is 28.9 Å². The number of aromatic nitrogens is 1. The van der Waals surface area contributed by atoms with E-state index >= 15 is 0 Å². The van der Waals surface area contributed by atoms with Crippen LogP contribution in [-0.2, 0) is 6.42 Å². The maximum Gasteiger partial charge on any atom is 0.272 e. The lowest BCUT2D eigenvalue weighted by Gasteiger charge is -2.24. The molecule has 2 heterocycles. The Bertz CT molecular complexity index is 556. The summed E-state index contributed by atoms with van der Waals surface area (Å²) in [4.78, 5) is 18.6. The minimum absolute atomic E-state index is 0.0382. The number of thiophene rings is 1. The second-order valence-electron chi connectivity index (χ2n) is 4.39. The van der Waals surface area contributed by atoms with Gasteiger partial charge in [-0.3, -0.25) is 4.79 Å². The number of hydrogen-bond donors (Lipinski definition) is 0. The molecule has 0 saturated heterocycles. The van der Waals surface area contributed by atoms with E-state index in [0.29, 0.717) is 0 Å². The normalized spacial score (nSPS) is 12.2. The molecule has 0 aliphatic heterocycles. The van der Waals surface area contributed by atoms with Crippen LogP contribution >= 0.6 is 11.3 Å². The van der Waals surface area contributed by atoms with Gasteiger partial charge in [0, 0.05) is 24.4 Å². The molecule has 0 radical (unpaired) electrons. The highest BCUT2D eigenvalue weighted by atomic mass is 32.1. The van der Waals surface area contributed by atoms with E-state index in [0.717, 1.165) is 6.42 Å². The summed E-state index contributed by atoms with van der Waals surface area (Å²) in [5.74, 6) is -0.895. The highest BCUT2D eigenvalue weighted by Crippen LogP contribution is 2.14. The van der Waals surface area contributed by atoms with Crippen LogP contribution in [0.3, 0.4) is 0 Å². The first kappa shape index (κ1) is 13.7. The number of amides is 1. The molecule has 2 aromatic heterocycles. The van der Waals surface area contributed by atoms with Gasteiger partial charge in [-0.1, -0.05) is 12.1 Å². The Balaban J connectivity index is 2.06. The molecule has 0 spiro atoms. The van der Waals surface area contributed by atoms with Crippen molar-refractivity contribution in [3.63, 3.8) is 0 Å². The van der Waals surface area contributed by atoms with Gasteiger partial charge in [-0.25, -0.2) is 4.98 Å². The van der Waals surface area contributed by atoms with Gasteiger partial charge >= 0.3 is 0 Å². The van der Waals surface area contributed by atoms with Crippen LogP contribution in [0.15, 0.2) is 35.7 Å². The fourth-order valence-electron chi connectivity index (χ4n) is 1.77. The Labute approximate surface area is 115 Å². The molecular weight excluding hydrogens is 263 g/mol. The van der Waals surface area contributed by atoms with Crippen molar-refractivity contribution < 1.29 is 9.18 Å². The van der Waals surface area contributed by atoms with Gasteiger partial charge in [0.1, 0.15) is 5.69 Å². The molecule has 0 saturated carbocycles. The standard InChI is InChI=1S/C14H15FN2OS/c1-10(9-11-5-4-8-19-11)17(2)14(18)12-6-3-7-13(15)16-12/h3-8,10H,9H2,1-2H3. The summed E-state index contributed by atoms with van der Waals surface area (Å²) >= 11 is 1.67. The number of nitrogens with zero attached hydrogens (tertiary/aromatic N) is 2. The SMILES string of the molecule is CC(Cc1cccs1)N(C)C(=O)c1cccc(F)n1. The summed E-state index contributed by atoms with van der Waals surface area (Å²) in [6.45, 7) is 1.97. The third kappa shape index (κ3) is 3.38. The van der Waals surface area contributed by atoms with E-state index in [4.69, 9.17) is 0 Å². The maximum atomic E-state index is 13.0. The van der Waals surface area contributed by atoms with Crippen LogP contribution in [0.2, 0.25) is 0 Å². The third-order valence-corrected chi connectivity index (χ3v) is 3.89. The zero-order valence-corrected chi connectivity index (χ0v) is 11.7. The first-order chi connectivity index (χ1) is 9.08. The molecule has 0 aromatic carbocycles. The van der Waals surface area contributed by atoms with E-state index in [2.05, 4.69) is 4.98 Å². The van der Waals surface area contributed by atoms with Crippen molar-refractivity contribution in [2.75, 3.05) is 7.05 Å². The molecule has 0 aliphatic rings. The highest BCUT2D eigenvalue weighted by Gasteiger charge is 2.19. The largest absolute Gasteiger partial charge is 0.337 e. The number of likely N-dealkylation sites (N-methyl/N-ethyl adjacent to an activating group) is 1. The summed E-state index contributed by atoms with van der Waals surface area (Å²) in [6, 6.07) is 8.32. The first-order valence-corrected chi connectivity index (χ1v) is 6.88. The Hall–Kier alpha value is -1.75. The Morgan fingerprint density at radius 1 is 1.42 bits per heavy atom. The zero-order chi connectivity index (χ0) is 13.8. The summed E-state index contributed by atoms with van der Waals surface area (Å²) < 4.78 is 13.0. The number of pyridine rings is 1. The predicted octanol–water partition coefficient (Wildman–Crippen LogP) is 2.99. The van der Waals surface area contributed by atoms with Gasteiger partial charge in [-0.2, -0.15) is 4.39 Å². The van der Waals surface area contributed by atoms with Crippen molar-refractivity contribution in [3.05, 3.63) is 52.2 Å². The zero-order valence-electron chi connectivity index (χ0n) is 10.8. The van der Waals surface area contributed by atoms with E-state index in [1.807, 2.05) is 24.4 Å². The van der Waals surface area contributed by atoms with Gasteiger partial charge in [-0.15, -0.1) is 11.3 Å². The molecule has 0 bridgehead atoms. The quantitative estimate of drug-likeness (QED) is 0.806. The van der Waals surface area contributed by atoms with Crippen molar-refractivity contribution in [1.82, 2.24) is 9.88 Å². The second-order valence-corrected chi connectivity index (χ2v) is 5.43. The second kappa shape index (κ2) is 5.93. The van der Waals surface area contributed by atoms with E-state index < -0.39 is 5.95 Å². The Kier molecular flexibility index (Phi) is 4.27. The lowest BCUT2D eigenvalue weighted by atomic mass is 10.1. The number of carbonyl (C=O) groups excluding carboxylic acids is 1. The van der Waals surface area contributed by atoms with E-state index in [1.165, 1.54) is 23.1 Å². The van der Waals surface area contributed by atoms with E-state index in [9.17, 15) is 9.18 Å². The van der Waals surface area contributed by atoms with Crippen LogP contribution < -0.4 is 0 Å². The smallest absolute Gasteiger partial charge is 0.272 e. The molecule has 0 fully saturated rings. The molecule has 1 unspecified atom stereocenters. The first-order valence-electron chi connectivity index (χ1n) is 6.00. The van der Waals surface area contributed by atoms with Crippen molar-refractivity contribution >= 4 is 17.2 Å². The monoisotopic (exact) mass is 278 g/mol. The van der Waals surface area contributed by atoms with Crippen molar-refractivity contribution in [3.8, 4) is 0 Å². The van der Waals surface area contributed by atoms with Gasteiger partial charge in [0.05, 0.1) is 0 Å². The fraction of sp³-hybridized carbons (Fsp3) is 0.286. The van der Waals surface area contributed by atoms with Crippen LogP contribution in [0.4, 0.5) is 4.39 Å². The predicted molar refractivity (Wildman–Crippen MR) is 73.8 cm³/mol. The average molecular weight is 278 g/mol. The molecule has 5 heteroatoms. The van der Waals surface area contributed by atoms with Crippen LogP contribution in [0, 0.1) is 5.95 Å². The topological polar surface area (TPSA) is 33.2 Å². The van der Waals surface area contributed by atoms with E-state index in [-0.39, 0.29) is 17.6 Å². The Morgan fingerprint density at radius 3 is 2.84 bits per heavy atom. The summed E-state index contributed by atoms with van der Waals surface area (Å²) in [7, 11) is 1.72.